The number of pyridine rings is 2. The molecule has 2 unspecified atom stereocenters. The minimum atomic E-state index is -4.88. The summed E-state index contributed by atoms with van der Waals surface area (Å²) in [5.41, 5.74) is -2.08. The van der Waals surface area contributed by atoms with Crippen LogP contribution >= 0.6 is 0 Å². The molecule has 3 N–H and O–H groups in total. The Hall–Kier alpha value is -2.85. The van der Waals surface area contributed by atoms with Crippen LogP contribution in [0.3, 0.4) is 0 Å². The van der Waals surface area contributed by atoms with Crippen molar-refractivity contribution >= 4 is 11.5 Å². The molecule has 0 spiro atoms. The third kappa shape index (κ3) is 3.56. The van der Waals surface area contributed by atoms with Gasteiger partial charge in [-0.1, -0.05) is 6.07 Å². The highest BCUT2D eigenvalue weighted by Gasteiger charge is 2.53. The summed E-state index contributed by atoms with van der Waals surface area (Å²) in [6.07, 6.45) is -1.17. The van der Waals surface area contributed by atoms with Crippen LogP contribution in [0.15, 0.2) is 36.7 Å². The predicted octanol–water partition coefficient (Wildman–Crippen LogP) is 2.95. The smallest absolute Gasteiger partial charge is 0.421 e. The maximum absolute atomic E-state index is 13.5. The van der Waals surface area contributed by atoms with Gasteiger partial charge in [-0.05, 0) is 32.0 Å². The number of hydrogen-bond donors (Lipinski definition) is 3. The first-order valence-corrected chi connectivity index (χ1v) is 9.50. The lowest BCUT2D eigenvalue weighted by Crippen LogP contribution is -2.39. The molecule has 2 atom stereocenters. The van der Waals surface area contributed by atoms with Gasteiger partial charge in [0.05, 0.1) is 30.3 Å². The molecular formula is C20H22F3N5O2. The molecule has 4 rings (SSSR count). The van der Waals surface area contributed by atoms with Gasteiger partial charge in [0.2, 0.25) is 0 Å². The number of halogens is 3. The molecule has 1 saturated heterocycles. The summed E-state index contributed by atoms with van der Waals surface area (Å²) in [6.45, 7) is 2.48. The molecule has 0 radical (unpaired) electrons. The summed E-state index contributed by atoms with van der Waals surface area (Å²) in [7, 11) is 1.25. The molecule has 4 heterocycles. The van der Waals surface area contributed by atoms with Crippen LogP contribution in [0.4, 0.5) is 19.0 Å². The molecule has 1 aliphatic heterocycles. The van der Waals surface area contributed by atoms with E-state index in [2.05, 4.69) is 20.6 Å². The first-order chi connectivity index (χ1) is 14.2. The second-order valence-corrected chi connectivity index (χ2v) is 7.44. The summed E-state index contributed by atoms with van der Waals surface area (Å²) >= 11 is 0. The number of aliphatic hydroxyl groups is 1. The zero-order valence-electron chi connectivity index (χ0n) is 16.5. The van der Waals surface area contributed by atoms with Crippen LogP contribution in [0.2, 0.25) is 0 Å². The van der Waals surface area contributed by atoms with E-state index >= 15 is 0 Å². The van der Waals surface area contributed by atoms with Crippen molar-refractivity contribution in [2.45, 2.75) is 31.2 Å². The quantitative estimate of drug-likeness (QED) is 0.588. The Bertz CT molecular complexity index is 1060. The van der Waals surface area contributed by atoms with Crippen LogP contribution < -0.4 is 15.4 Å². The van der Waals surface area contributed by atoms with Crippen molar-refractivity contribution < 1.29 is 23.0 Å². The lowest BCUT2D eigenvalue weighted by Gasteiger charge is -2.28. The lowest BCUT2D eigenvalue weighted by atomic mass is 9.96. The number of alkyl halides is 3. The Balaban J connectivity index is 1.78. The van der Waals surface area contributed by atoms with Gasteiger partial charge in [-0.25, -0.2) is 9.97 Å². The minimum absolute atomic E-state index is 0.0981. The number of rotatable bonds is 5. The van der Waals surface area contributed by atoms with E-state index in [0.717, 1.165) is 19.5 Å². The third-order valence-electron chi connectivity index (χ3n) is 5.33. The Morgan fingerprint density at radius 3 is 2.80 bits per heavy atom. The van der Waals surface area contributed by atoms with Crippen LogP contribution in [-0.2, 0) is 5.60 Å². The molecule has 1 fully saturated rings. The number of anilines is 1. The van der Waals surface area contributed by atoms with Crippen LogP contribution in [-0.4, -0.2) is 51.9 Å². The van der Waals surface area contributed by atoms with E-state index in [1.807, 2.05) is 12.1 Å². The number of ether oxygens (including phenoxy) is 1. The SMILES string of the molecule is COc1cc2ncc(-c3cccc(NC4CCNC4)n3)n2cc1C(C)(O)C(F)(F)F. The van der Waals surface area contributed by atoms with Gasteiger partial charge in [0.15, 0.2) is 5.60 Å². The fourth-order valence-corrected chi connectivity index (χ4v) is 3.53. The number of hydrogen-bond acceptors (Lipinski definition) is 6. The van der Waals surface area contributed by atoms with Gasteiger partial charge in [-0.15, -0.1) is 0 Å². The third-order valence-corrected chi connectivity index (χ3v) is 5.33. The van der Waals surface area contributed by atoms with Gasteiger partial charge in [0.1, 0.15) is 17.2 Å². The van der Waals surface area contributed by atoms with Crippen molar-refractivity contribution in [1.82, 2.24) is 19.7 Å². The predicted molar refractivity (Wildman–Crippen MR) is 105 cm³/mol. The molecule has 0 aromatic carbocycles. The van der Waals surface area contributed by atoms with Crippen LogP contribution in [0.25, 0.3) is 17.0 Å². The summed E-state index contributed by atoms with van der Waals surface area (Å²) in [5, 5.41) is 16.8. The number of fused-ring (bicyclic) bond motifs is 1. The van der Waals surface area contributed by atoms with E-state index < -0.39 is 17.3 Å². The van der Waals surface area contributed by atoms with E-state index in [9.17, 15) is 18.3 Å². The van der Waals surface area contributed by atoms with Crippen LogP contribution in [0.5, 0.6) is 5.75 Å². The van der Waals surface area contributed by atoms with Gasteiger partial charge in [-0.3, -0.25) is 4.40 Å². The molecule has 10 heteroatoms. The summed E-state index contributed by atoms with van der Waals surface area (Å²) in [5.74, 6) is 0.575. The Labute approximate surface area is 170 Å². The average Bonchev–Trinajstić information content (AvgIpc) is 3.35. The standard InChI is InChI=1S/C20H22F3N5O2/c1-19(29,20(21,22)23)13-11-28-15(10-25-18(28)8-16(13)30-2)14-4-3-5-17(27-14)26-12-6-7-24-9-12/h3-5,8,10-12,24,29H,6-7,9H2,1-2H3,(H,26,27). The molecule has 7 nitrogen and oxygen atoms in total. The van der Waals surface area contributed by atoms with Crippen molar-refractivity contribution in [2.75, 3.05) is 25.5 Å². The van der Waals surface area contributed by atoms with Crippen LogP contribution in [0, 0.1) is 0 Å². The topological polar surface area (TPSA) is 83.7 Å². The molecule has 0 aliphatic carbocycles. The molecule has 3 aromatic rings. The van der Waals surface area contributed by atoms with Crippen molar-refractivity contribution in [3.63, 3.8) is 0 Å². The van der Waals surface area contributed by atoms with E-state index in [0.29, 0.717) is 29.8 Å². The summed E-state index contributed by atoms with van der Waals surface area (Å²) in [6, 6.07) is 7.06. The Morgan fingerprint density at radius 2 is 2.13 bits per heavy atom. The van der Waals surface area contributed by atoms with Gasteiger partial charge >= 0.3 is 6.18 Å². The second-order valence-electron chi connectivity index (χ2n) is 7.44. The number of imidazole rings is 1. The minimum Gasteiger partial charge on any atom is -0.496 e. The lowest BCUT2D eigenvalue weighted by molar-refractivity contribution is -0.259. The maximum Gasteiger partial charge on any atom is 0.421 e. The highest BCUT2D eigenvalue weighted by Crippen LogP contribution is 2.43. The van der Waals surface area contributed by atoms with Gasteiger partial charge < -0.3 is 20.5 Å². The maximum atomic E-state index is 13.5. The van der Waals surface area contributed by atoms with E-state index in [1.54, 1.807) is 6.07 Å². The fraction of sp³-hybridized carbons (Fsp3) is 0.400. The first kappa shape index (κ1) is 20.4. The van der Waals surface area contributed by atoms with Gasteiger partial charge in [0, 0.05) is 24.8 Å². The molecule has 160 valence electrons. The normalized spacial score (nSPS) is 19.1. The highest BCUT2D eigenvalue weighted by molar-refractivity contribution is 5.64. The summed E-state index contributed by atoms with van der Waals surface area (Å²) in [4.78, 5) is 8.87. The van der Waals surface area contributed by atoms with E-state index in [1.165, 1.54) is 30.0 Å². The van der Waals surface area contributed by atoms with Gasteiger partial charge in [-0.2, -0.15) is 13.2 Å². The fourth-order valence-electron chi connectivity index (χ4n) is 3.53. The Morgan fingerprint density at radius 1 is 1.33 bits per heavy atom. The molecule has 0 bridgehead atoms. The number of aromatic nitrogens is 3. The monoisotopic (exact) mass is 421 g/mol. The largest absolute Gasteiger partial charge is 0.496 e. The van der Waals surface area contributed by atoms with Crippen molar-refractivity contribution in [3.8, 4) is 17.1 Å². The van der Waals surface area contributed by atoms with E-state index in [4.69, 9.17) is 4.74 Å². The Kier molecular flexibility index (Phi) is 5.07. The number of methoxy groups -OCH3 is 1. The van der Waals surface area contributed by atoms with E-state index in [-0.39, 0.29) is 11.8 Å². The molecular weight excluding hydrogens is 399 g/mol. The zero-order chi connectivity index (χ0) is 21.5. The first-order valence-electron chi connectivity index (χ1n) is 9.50. The molecule has 0 amide bonds. The number of nitrogens with one attached hydrogen (secondary N) is 2. The van der Waals surface area contributed by atoms with Crippen molar-refractivity contribution in [3.05, 3.63) is 42.2 Å². The van der Waals surface area contributed by atoms with Gasteiger partial charge in [0.25, 0.3) is 0 Å². The van der Waals surface area contributed by atoms with Crippen molar-refractivity contribution in [2.24, 2.45) is 0 Å². The van der Waals surface area contributed by atoms with Crippen LogP contribution in [0.1, 0.15) is 18.9 Å². The molecule has 30 heavy (non-hydrogen) atoms. The molecule has 3 aromatic heterocycles. The summed E-state index contributed by atoms with van der Waals surface area (Å²) < 4.78 is 47.0. The molecule has 0 saturated carbocycles. The average molecular weight is 421 g/mol. The second kappa shape index (κ2) is 7.44. The number of nitrogens with zero attached hydrogens (tertiary/aromatic N) is 3. The zero-order valence-corrected chi connectivity index (χ0v) is 16.5. The molecule has 1 aliphatic rings. The van der Waals surface area contributed by atoms with Crippen molar-refractivity contribution in [1.29, 1.82) is 0 Å². The highest BCUT2D eigenvalue weighted by atomic mass is 19.4.